The number of amides is 2. The second-order valence-electron chi connectivity index (χ2n) is 10.6. The topological polar surface area (TPSA) is 108 Å². The van der Waals surface area contributed by atoms with Crippen molar-refractivity contribution in [2.45, 2.75) is 60.8 Å². The van der Waals surface area contributed by atoms with Crippen LogP contribution in [0.3, 0.4) is 0 Å². The van der Waals surface area contributed by atoms with Crippen LogP contribution in [-0.4, -0.2) is 56.9 Å². The lowest BCUT2D eigenvalue weighted by Gasteiger charge is -2.45. The van der Waals surface area contributed by atoms with Crippen molar-refractivity contribution in [1.29, 1.82) is 0 Å². The minimum absolute atomic E-state index is 0.132. The van der Waals surface area contributed by atoms with Crippen LogP contribution in [-0.2, 0) is 16.0 Å². The number of ketones is 1. The zero-order valence-corrected chi connectivity index (χ0v) is 21.5. The average Bonchev–Trinajstić information content (AvgIpc) is 3.25. The van der Waals surface area contributed by atoms with E-state index in [2.05, 4.69) is 10.3 Å². The molecule has 36 heavy (non-hydrogen) atoms. The van der Waals surface area contributed by atoms with Crippen LogP contribution in [0.2, 0.25) is 0 Å². The van der Waals surface area contributed by atoms with E-state index >= 15 is 0 Å². The van der Waals surface area contributed by atoms with E-state index in [1.54, 1.807) is 25.6 Å². The van der Waals surface area contributed by atoms with Crippen LogP contribution in [0.1, 0.15) is 49.0 Å². The number of benzene rings is 2. The van der Waals surface area contributed by atoms with E-state index in [4.69, 9.17) is 5.73 Å². The highest BCUT2D eigenvalue weighted by molar-refractivity contribution is 8.01. The molecule has 2 amide bonds. The van der Waals surface area contributed by atoms with Gasteiger partial charge in [-0.25, -0.2) is 0 Å². The van der Waals surface area contributed by atoms with Gasteiger partial charge in [-0.15, -0.1) is 11.8 Å². The van der Waals surface area contributed by atoms with Gasteiger partial charge in [0, 0.05) is 58.2 Å². The molecule has 5 rings (SSSR count). The van der Waals surface area contributed by atoms with Crippen LogP contribution in [0.15, 0.2) is 59.6 Å². The van der Waals surface area contributed by atoms with Gasteiger partial charge in [0.2, 0.25) is 11.8 Å². The molecule has 1 spiro atoms. The Morgan fingerprint density at radius 1 is 1.19 bits per heavy atom. The number of likely N-dealkylation sites (tertiary alicyclic amines) is 1. The van der Waals surface area contributed by atoms with Gasteiger partial charge in [0.1, 0.15) is 6.04 Å². The molecule has 8 heteroatoms. The summed E-state index contributed by atoms with van der Waals surface area (Å²) in [5, 5.41) is 3.95. The van der Waals surface area contributed by atoms with Gasteiger partial charge in [-0.1, -0.05) is 36.4 Å². The Kier molecular flexibility index (Phi) is 6.43. The van der Waals surface area contributed by atoms with Gasteiger partial charge in [0.25, 0.3) is 0 Å². The lowest BCUT2D eigenvalue weighted by atomic mass is 9.88. The predicted octanol–water partition coefficient (Wildman–Crippen LogP) is 3.67. The van der Waals surface area contributed by atoms with Crippen molar-refractivity contribution in [3.05, 3.63) is 65.9 Å². The number of Topliss-reactive ketones (excluding diaryl/α,β-unsaturated/α-hetero) is 1. The standard InChI is InChI=1S/C28H32N4O3S/c1-27(2,29)26(35)31-22(14-18-16-30-21-10-5-3-8-19(18)21)25(34)32-13-7-12-28(17-32)15-23(33)20-9-4-6-11-24(20)36-28/h3-6,8-11,16,22,30H,7,12-15,17,29H2,1-2H3,(H,31,35)/t22-,28?/m1/s1. The van der Waals surface area contributed by atoms with Gasteiger partial charge in [-0.05, 0) is 44.4 Å². The summed E-state index contributed by atoms with van der Waals surface area (Å²) in [6, 6.07) is 14.9. The van der Waals surface area contributed by atoms with Crippen LogP contribution in [0.4, 0.5) is 0 Å². The summed E-state index contributed by atoms with van der Waals surface area (Å²) in [7, 11) is 0. The highest BCUT2D eigenvalue weighted by atomic mass is 32.2. The van der Waals surface area contributed by atoms with Crippen molar-refractivity contribution >= 4 is 40.3 Å². The Morgan fingerprint density at radius 3 is 2.75 bits per heavy atom. The summed E-state index contributed by atoms with van der Waals surface area (Å²) < 4.78 is -0.345. The lowest BCUT2D eigenvalue weighted by Crippen LogP contribution is -2.59. The van der Waals surface area contributed by atoms with Gasteiger partial charge in [-0.3, -0.25) is 14.4 Å². The number of piperidine rings is 1. The fraction of sp³-hybridized carbons (Fsp3) is 0.393. The maximum absolute atomic E-state index is 13.9. The van der Waals surface area contributed by atoms with E-state index in [-0.39, 0.29) is 22.3 Å². The minimum atomic E-state index is -1.11. The second-order valence-corrected chi connectivity index (χ2v) is 12.1. The number of aromatic nitrogens is 1. The molecule has 0 radical (unpaired) electrons. The number of nitrogens with zero attached hydrogens (tertiary/aromatic N) is 1. The maximum atomic E-state index is 13.9. The quantitative estimate of drug-likeness (QED) is 0.491. The molecular formula is C28H32N4O3S. The Hall–Kier alpha value is -3.10. The molecule has 1 saturated heterocycles. The van der Waals surface area contributed by atoms with Gasteiger partial charge in [0.15, 0.2) is 5.78 Å². The molecule has 1 aromatic heterocycles. The third-order valence-corrected chi connectivity index (χ3v) is 8.62. The van der Waals surface area contributed by atoms with Gasteiger partial charge in [0.05, 0.1) is 5.54 Å². The molecule has 7 nitrogen and oxygen atoms in total. The first-order valence-electron chi connectivity index (χ1n) is 12.4. The molecule has 188 valence electrons. The normalized spacial score (nSPS) is 20.9. The predicted molar refractivity (Wildman–Crippen MR) is 142 cm³/mol. The van der Waals surface area contributed by atoms with E-state index in [0.29, 0.717) is 25.9 Å². The van der Waals surface area contributed by atoms with Gasteiger partial charge < -0.3 is 20.9 Å². The Balaban J connectivity index is 1.41. The number of rotatable bonds is 5. The lowest BCUT2D eigenvalue weighted by molar-refractivity contribution is -0.138. The second kappa shape index (κ2) is 9.41. The maximum Gasteiger partial charge on any atom is 0.245 e. The zero-order valence-electron chi connectivity index (χ0n) is 20.7. The number of nitrogens with two attached hydrogens (primary N) is 1. The van der Waals surface area contributed by atoms with Crippen LogP contribution in [0.5, 0.6) is 0 Å². The first kappa shape index (κ1) is 24.6. The van der Waals surface area contributed by atoms with Crippen LogP contribution in [0, 0.1) is 0 Å². The molecule has 4 N–H and O–H groups in total. The van der Waals surface area contributed by atoms with Crippen molar-refractivity contribution in [2.75, 3.05) is 13.1 Å². The first-order valence-corrected chi connectivity index (χ1v) is 13.2. The molecule has 3 aromatic rings. The number of H-pyrrole nitrogens is 1. The van der Waals surface area contributed by atoms with E-state index in [1.165, 1.54) is 0 Å². The molecular weight excluding hydrogens is 472 g/mol. The van der Waals surface area contributed by atoms with Crippen LogP contribution in [0.25, 0.3) is 10.9 Å². The van der Waals surface area contributed by atoms with Gasteiger partial charge in [-0.2, -0.15) is 0 Å². The number of carbonyl (C=O) groups excluding carboxylic acids is 3. The number of hydrogen-bond donors (Lipinski definition) is 3. The van der Waals surface area contributed by atoms with Crippen molar-refractivity contribution in [3.63, 3.8) is 0 Å². The molecule has 0 bridgehead atoms. The Labute approximate surface area is 215 Å². The largest absolute Gasteiger partial charge is 0.361 e. The smallest absolute Gasteiger partial charge is 0.245 e. The number of aromatic amines is 1. The number of fused-ring (bicyclic) bond motifs is 2. The number of thioether (sulfide) groups is 1. The molecule has 1 fully saturated rings. The van der Waals surface area contributed by atoms with E-state index in [1.807, 2.05) is 59.6 Å². The van der Waals surface area contributed by atoms with Crippen molar-refractivity contribution in [1.82, 2.24) is 15.2 Å². The summed E-state index contributed by atoms with van der Waals surface area (Å²) >= 11 is 1.72. The minimum Gasteiger partial charge on any atom is -0.361 e. The summed E-state index contributed by atoms with van der Waals surface area (Å²) in [6.45, 7) is 4.34. The molecule has 1 unspecified atom stereocenters. The fourth-order valence-electron chi connectivity index (χ4n) is 5.24. The van der Waals surface area contributed by atoms with Gasteiger partial charge >= 0.3 is 0 Å². The van der Waals surface area contributed by atoms with E-state index < -0.39 is 11.6 Å². The molecule has 2 aromatic carbocycles. The molecule has 0 saturated carbocycles. The van der Waals surface area contributed by atoms with Crippen molar-refractivity contribution in [2.24, 2.45) is 5.73 Å². The number of nitrogens with one attached hydrogen (secondary N) is 2. The summed E-state index contributed by atoms with van der Waals surface area (Å²) in [4.78, 5) is 45.8. The van der Waals surface area contributed by atoms with Crippen molar-refractivity contribution < 1.29 is 14.4 Å². The molecule has 2 aliphatic heterocycles. The average molecular weight is 505 g/mol. The third kappa shape index (κ3) is 4.80. The molecule has 2 atom stereocenters. The fourth-order valence-corrected chi connectivity index (χ4v) is 6.82. The Morgan fingerprint density at radius 2 is 1.94 bits per heavy atom. The SMILES string of the molecule is CC(C)(N)C(=O)N[C@H](Cc1c[nH]c2ccccc12)C(=O)N1CCCC2(CC(=O)c3ccccc3S2)C1. The first-order chi connectivity index (χ1) is 17.2. The number of carbonyl (C=O) groups is 3. The summed E-state index contributed by atoms with van der Waals surface area (Å²) in [5.41, 5.74) is 7.66. The van der Waals surface area contributed by atoms with E-state index in [0.717, 1.165) is 39.8 Å². The molecule has 2 aliphatic rings. The summed E-state index contributed by atoms with van der Waals surface area (Å²) in [5.74, 6) is -0.375. The highest BCUT2D eigenvalue weighted by Crippen LogP contribution is 2.47. The Bertz CT molecular complexity index is 1330. The summed E-state index contributed by atoms with van der Waals surface area (Å²) in [6.07, 6.45) is 4.34. The van der Waals surface area contributed by atoms with E-state index in [9.17, 15) is 14.4 Å². The van der Waals surface area contributed by atoms with Crippen LogP contribution >= 0.6 is 11.8 Å². The highest BCUT2D eigenvalue weighted by Gasteiger charge is 2.44. The number of hydrogen-bond acceptors (Lipinski definition) is 5. The monoisotopic (exact) mass is 504 g/mol. The van der Waals surface area contributed by atoms with Crippen LogP contribution < -0.4 is 11.1 Å². The number of para-hydroxylation sites is 1. The van der Waals surface area contributed by atoms with Crippen molar-refractivity contribution in [3.8, 4) is 0 Å². The molecule has 0 aliphatic carbocycles. The third-order valence-electron chi connectivity index (χ3n) is 7.14. The zero-order chi connectivity index (χ0) is 25.5. The molecule has 3 heterocycles.